The van der Waals surface area contributed by atoms with Crippen molar-refractivity contribution in [3.8, 4) is 5.75 Å². The molecule has 0 saturated carbocycles. The molecule has 4 rings (SSSR count). The first-order chi connectivity index (χ1) is 13.7. The second-order valence-corrected chi connectivity index (χ2v) is 7.07. The number of imidazole rings is 1. The third-order valence-corrected chi connectivity index (χ3v) is 5.19. The zero-order valence-electron chi connectivity index (χ0n) is 16.4. The summed E-state index contributed by atoms with van der Waals surface area (Å²) in [6.45, 7) is 6.79. The van der Waals surface area contributed by atoms with Crippen molar-refractivity contribution in [1.29, 1.82) is 0 Å². The van der Waals surface area contributed by atoms with Crippen LogP contribution in [0.5, 0.6) is 5.75 Å². The van der Waals surface area contributed by atoms with E-state index in [9.17, 15) is 4.79 Å². The average Bonchev–Trinajstić information content (AvgIpc) is 3.36. The number of Topliss-reactive ketones (excluding diaryl/α,β-unsaturated/α-hetero) is 1. The average molecular weight is 382 g/mol. The molecule has 0 aromatic carbocycles. The number of fused-ring (bicyclic) bond motifs is 1. The third-order valence-electron chi connectivity index (χ3n) is 5.19. The van der Waals surface area contributed by atoms with Crippen molar-refractivity contribution >= 4 is 11.4 Å². The standard InChI is InChI=1S/C21H26N4O3/c1-3-25-8-5-17(23-25)19(26)11-16-13-24-14-18(15-6-9-27-10-7-15)22-21(24)12-20(16)28-4-2/h5,8,12-15H,3-4,6-7,9-11H2,1-2H3. The molecule has 0 amide bonds. The van der Waals surface area contributed by atoms with Gasteiger partial charge in [-0.1, -0.05) is 0 Å². The molecule has 4 heterocycles. The predicted octanol–water partition coefficient (Wildman–Crippen LogP) is 3.27. The van der Waals surface area contributed by atoms with Crippen LogP contribution < -0.4 is 4.74 Å². The van der Waals surface area contributed by atoms with E-state index in [0.29, 0.717) is 24.0 Å². The smallest absolute Gasteiger partial charge is 0.187 e. The second kappa shape index (κ2) is 8.14. The summed E-state index contributed by atoms with van der Waals surface area (Å²) in [7, 11) is 0. The van der Waals surface area contributed by atoms with Crippen molar-refractivity contribution < 1.29 is 14.3 Å². The van der Waals surface area contributed by atoms with Gasteiger partial charge in [-0.2, -0.15) is 5.10 Å². The fourth-order valence-corrected chi connectivity index (χ4v) is 3.64. The monoisotopic (exact) mass is 382 g/mol. The number of nitrogens with zero attached hydrogens (tertiary/aromatic N) is 4. The minimum atomic E-state index is -0.0164. The van der Waals surface area contributed by atoms with Crippen molar-refractivity contribution in [1.82, 2.24) is 19.2 Å². The zero-order chi connectivity index (χ0) is 19.5. The van der Waals surface area contributed by atoms with Crippen LogP contribution in [-0.4, -0.2) is 44.8 Å². The summed E-state index contributed by atoms with van der Waals surface area (Å²) in [5.74, 6) is 1.12. The topological polar surface area (TPSA) is 70.7 Å². The van der Waals surface area contributed by atoms with Gasteiger partial charge in [0.25, 0.3) is 0 Å². The molecule has 0 radical (unpaired) electrons. The molecule has 3 aromatic rings. The van der Waals surface area contributed by atoms with Crippen LogP contribution in [0.4, 0.5) is 0 Å². The highest BCUT2D eigenvalue weighted by Crippen LogP contribution is 2.29. The summed E-state index contributed by atoms with van der Waals surface area (Å²) < 4.78 is 15.0. The van der Waals surface area contributed by atoms with Crippen LogP contribution >= 0.6 is 0 Å². The van der Waals surface area contributed by atoms with Crippen molar-refractivity contribution in [2.24, 2.45) is 0 Å². The van der Waals surface area contributed by atoms with Crippen LogP contribution in [0.15, 0.2) is 30.7 Å². The Kier molecular flexibility index (Phi) is 5.43. The number of aryl methyl sites for hydroxylation is 1. The molecule has 1 aliphatic rings. The minimum absolute atomic E-state index is 0.0164. The molecule has 0 unspecified atom stereocenters. The highest BCUT2D eigenvalue weighted by molar-refractivity contribution is 5.96. The number of rotatable bonds is 7. The van der Waals surface area contributed by atoms with Gasteiger partial charge in [0, 0.05) is 62.3 Å². The van der Waals surface area contributed by atoms with Crippen LogP contribution in [-0.2, 0) is 17.7 Å². The van der Waals surface area contributed by atoms with E-state index in [4.69, 9.17) is 14.5 Å². The number of carbonyl (C=O) groups is 1. The van der Waals surface area contributed by atoms with Gasteiger partial charge in [-0.05, 0) is 32.8 Å². The van der Waals surface area contributed by atoms with Crippen molar-refractivity contribution in [3.63, 3.8) is 0 Å². The lowest BCUT2D eigenvalue weighted by Gasteiger charge is -2.19. The lowest BCUT2D eigenvalue weighted by molar-refractivity contribution is 0.0846. The van der Waals surface area contributed by atoms with Crippen LogP contribution in [0.25, 0.3) is 5.65 Å². The zero-order valence-corrected chi connectivity index (χ0v) is 16.4. The van der Waals surface area contributed by atoms with Crippen LogP contribution in [0, 0.1) is 0 Å². The Morgan fingerprint density at radius 3 is 2.82 bits per heavy atom. The fourth-order valence-electron chi connectivity index (χ4n) is 3.64. The molecule has 0 N–H and O–H groups in total. The molecular weight excluding hydrogens is 356 g/mol. The number of ketones is 1. The highest BCUT2D eigenvalue weighted by Gasteiger charge is 2.20. The van der Waals surface area contributed by atoms with Crippen molar-refractivity contribution in [2.45, 2.75) is 45.6 Å². The van der Waals surface area contributed by atoms with Crippen LogP contribution in [0.1, 0.15) is 54.4 Å². The largest absolute Gasteiger partial charge is 0.493 e. The Morgan fingerprint density at radius 1 is 1.29 bits per heavy atom. The molecule has 28 heavy (non-hydrogen) atoms. The molecular formula is C21H26N4O3. The van der Waals surface area contributed by atoms with Gasteiger partial charge >= 0.3 is 0 Å². The maximum Gasteiger partial charge on any atom is 0.187 e. The molecule has 1 fully saturated rings. The van der Waals surface area contributed by atoms with E-state index in [1.165, 1.54) is 0 Å². The second-order valence-electron chi connectivity index (χ2n) is 7.07. The first-order valence-electron chi connectivity index (χ1n) is 9.96. The van der Waals surface area contributed by atoms with Gasteiger partial charge in [0.05, 0.1) is 12.3 Å². The summed E-state index contributed by atoms with van der Waals surface area (Å²) in [6, 6.07) is 3.70. The molecule has 0 atom stereocenters. The summed E-state index contributed by atoms with van der Waals surface area (Å²) in [5.41, 5.74) is 3.26. The van der Waals surface area contributed by atoms with Gasteiger partial charge in [-0.3, -0.25) is 9.48 Å². The van der Waals surface area contributed by atoms with Crippen LogP contribution in [0.3, 0.4) is 0 Å². The first kappa shape index (κ1) is 18.7. The summed E-state index contributed by atoms with van der Waals surface area (Å²) >= 11 is 0. The number of aromatic nitrogens is 4. The van der Waals surface area contributed by atoms with E-state index >= 15 is 0 Å². The predicted molar refractivity (Wildman–Crippen MR) is 105 cm³/mol. The van der Waals surface area contributed by atoms with E-state index in [1.807, 2.05) is 36.7 Å². The molecule has 1 aliphatic heterocycles. The van der Waals surface area contributed by atoms with Gasteiger partial charge in [0.2, 0.25) is 0 Å². The Labute approximate surface area is 164 Å². The third kappa shape index (κ3) is 3.80. The number of pyridine rings is 1. The quantitative estimate of drug-likeness (QED) is 0.587. The van der Waals surface area contributed by atoms with Gasteiger partial charge < -0.3 is 13.9 Å². The van der Waals surface area contributed by atoms with Gasteiger partial charge in [-0.15, -0.1) is 0 Å². The Balaban J connectivity index is 1.63. The van der Waals surface area contributed by atoms with E-state index in [2.05, 4.69) is 11.3 Å². The number of ether oxygens (including phenoxy) is 2. The number of hydrogen-bond acceptors (Lipinski definition) is 5. The van der Waals surface area contributed by atoms with E-state index in [-0.39, 0.29) is 12.2 Å². The highest BCUT2D eigenvalue weighted by atomic mass is 16.5. The summed E-state index contributed by atoms with van der Waals surface area (Å²) in [6.07, 6.45) is 8.10. The van der Waals surface area contributed by atoms with Gasteiger partial charge in [0.1, 0.15) is 17.1 Å². The molecule has 0 aliphatic carbocycles. The van der Waals surface area contributed by atoms with Crippen LogP contribution in [0.2, 0.25) is 0 Å². The summed E-state index contributed by atoms with van der Waals surface area (Å²) in [4.78, 5) is 17.5. The van der Waals surface area contributed by atoms with E-state index in [1.54, 1.807) is 10.7 Å². The van der Waals surface area contributed by atoms with Crippen molar-refractivity contribution in [2.75, 3.05) is 19.8 Å². The molecule has 7 heteroatoms. The summed E-state index contributed by atoms with van der Waals surface area (Å²) in [5, 5.41) is 4.32. The Bertz CT molecular complexity index is 969. The SMILES string of the molecule is CCOc1cc2nc(C3CCOCC3)cn2cc1CC(=O)c1ccn(CC)n1. The molecule has 0 spiro atoms. The number of carbonyl (C=O) groups excluding carboxylic acids is 1. The molecule has 7 nitrogen and oxygen atoms in total. The maximum atomic E-state index is 12.7. The van der Waals surface area contributed by atoms with E-state index in [0.717, 1.165) is 49.5 Å². The normalized spacial score (nSPS) is 15.2. The molecule has 1 saturated heterocycles. The molecule has 148 valence electrons. The lowest BCUT2D eigenvalue weighted by atomic mass is 9.97. The van der Waals surface area contributed by atoms with Gasteiger partial charge in [0.15, 0.2) is 5.78 Å². The Hall–Kier alpha value is -2.67. The molecule has 0 bridgehead atoms. The minimum Gasteiger partial charge on any atom is -0.493 e. The van der Waals surface area contributed by atoms with Gasteiger partial charge in [-0.25, -0.2) is 4.98 Å². The molecule has 3 aromatic heterocycles. The first-order valence-corrected chi connectivity index (χ1v) is 9.96. The fraction of sp³-hybridized carbons (Fsp3) is 0.476. The van der Waals surface area contributed by atoms with Crippen molar-refractivity contribution in [3.05, 3.63) is 47.7 Å². The maximum absolute atomic E-state index is 12.7. The Morgan fingerprint density at radius 2 is 2.11 bits per heavy atom. The van der Waals surface area contributed by atoms with E-state index < -0.39 is 0 Å². The lowest BCUT2D eigenvalue weighted by Crippen LogP contribution is -2.14. The number of hydrogen-bond donors (Lipinski definition) is 0.